The summed E-state index contributed by atoms with van der Waals surface area (Å²) in [6.45, 7) is 0. The van der Waals surface area contributed by atoms with Gasteiger partial charge in [0.15, 0.2) is 0 Å². The molecule has 39 heavy (non-hydrogen) atoms. The monoisotopic (exact) mass is 540 g/mol. The maximum Gasteiger partial charge on any atom is 0.123 e. The van der Waals surface area contributed by atoms with Crippen LogP contribution in [-0.2, 0) is 0 Å². The lowest BCUT2D eigenvalue weighted by Crippen LogP contribution is -2.09. The van der Waals surface area contributed by atoms with Crippen molar-refractivity contribution >= 4 is 45.6 Å². The van der Waals surface area contributed by atoms with Crippen LogP contribution in [0.2, 0.25) is 0 Å². The normalized spacial score (nSPS) is 10.5. The molecule has 0 saturated heterocycles. The average molecular weight is 541 g/mol. The number of nitrogen functional groups attached to an aromatic ring is 1. The van der Waals surface area contributed by atoms with Gasteiger partial charge < -0.3 is 10.6 Å². The molecule has 196 valence electrons. The Kier molecular flexibility index (Phi) is 8.37. The zero-order chi connectivity index (χ0) is 26.6. The molecule has 0 amide bonds. The van der Waals surface area contributed by atoms with E-state index in [1.54, 1.807) is 24.3 Å². The van der Waals surface area contributed by atoms with Crippen molar-refractivity contribution < 1.29 is 8.78 Å². The molecule has 0 saturated carbocycles. The molecule has 0 aliphatic rings. The summed E-state index contributed by atoms with van der Waals surface area (Å²) in [4.78, 5) is 11.3. The van der Waals surface area contributed by atoms with Crippen LogP contribution in [0.25, 0.3) is 44.3 Å². The van der Waals surface area contributed by atoms with Crippen molar-refractivity contribution in [3.8, 4) is 22.5 Å². The van der Waals surface area contributed by atoms with E-state index in [4.69, 9.17) is 10.7 Å². The highest BCUT2D eigenvalue weighted by molar-refractivity contribution is 5.92. The van der Waals surface area contributed by atoms with E-state index in [0.717, 1.165) is 50.0 Å². The van der Waals surface area contributed by atoms with Crippen LogP contribution in [-0.4, -0.2) is 24.1 Å². The Bertz CT molecular complexity index is 1720. The zero-order valence-corrected chi connectivity index (χ0v) is 22.3. The first-order valence-electron chi connectivity index (χ1n) is 12.1. The number of nitrogens with two attached hydrogens (primary N) is 1. The van der Waals surface area contributed by atoms with E-state index in [0.29, 0.717) is 5.69 Å². The molecule has 6 rings (SSSR count). The highest BCUT2D eigenvalue weighted by Crippen LogP contribution is 2.27. The van der Waals surface area contributed by atoms with E-state index >= 15 is 0 Å². The smallest absolute Gasteiger partial charge is 0.123 e. The molecule has 0 bridgehead atoms. The predicted molar refractivity (Wildman–Crippen MR) is 160 cm³/mol. The van der Waals surface area contributed by atoms with Gasteiger partial charge >= 0.3 is 0 Å². The minimum Gasteiger partial charge on any atom is -0.397 e. The van der Waals surface area contributed by atoms with Crippen LogP contribution in [0.5, 0.6) is 0 Å². The summed E-state index contributed by atoms with van der Waals surface area (Å²) in [6, 6.07) is 32.4. The number of hydrogen-bond donors (Lipinski definition) is 1. The Morgan fingerprint density at radius 2 is 1.03 bits per heavy atom. The Labute approximate surface area is 232 Å². The number of hydrogen-bond acceptors (Lipinski definition) is 4. The minimum atomic E-state index is -0.251. The SMILES string of the molecule is CN(C)c1cccc2ccc(-c3ccc(F)cc3)nc12.Cl.Nc1cccc2ccc(-c3ccc(F)cc3)nc12. The first-order chi connectivity index (χ1) is 18.4. The second-order valence-electron chi connectivity index (χ2n) is 9.07. The lowest BCUT2D eigenvalue weighted by molar-refractivity contribution is 0.627. The molecule has 4 nitrogen and oxygen atoms in total. The molecule has 4 aromatic carbocycles. The number of nitrogens with zero attached hydrogens (tertiary/aromatic N) is 3. The number of benzene rings is 4. The minimum absolute atomic E-state index is 0. The van der Waals surface area contributed by atoms with Crippen LogP contribution in [0.3, 0.4) is 0 Å². The van der Waals surface area contributed by atoms with Crippen molar-refractivity contribution in [1.29, 1.82) is 0 Å². The van der Waals surface area contributed by atoms with Gasteiger partial charge in [0, 0.05) is 36.0 Å². The summed E-state index contributed by atoms with van der Waals surface area (Å²) in [5.74, 6) is -0.484. The number of para-hydroxylation sites is 2. The third kappa shape index (κ3) is 6.13. The summed E-state index contributed by atoms with van der Waals surface area (Å²) in [6.07, 6.45) is 0. The average Bonchev–Trinajstić information content (AvgIpc) is 2.94. The van der Waals surface area contributed by atoms with Gasteiger partial charge in [0.2, 0.25) is 0 Å². The first-order valence-corrected chi connectivity index (χ1v) is 12.1. The second-order valence-corrected chi connectivity index (χ2v) is 9.07. The highest BCUT2D eigenvalue weighted by Gasteiger charge is 2.07. The number of anilines is 2. The van der Waals surface area contributed by atoms with Crippen LogP contribution in [0.15, 0.2) is 109 Å². The lowest BCUT2D eigenvalue weighted by atomic mass is 10.1. The molecule has 7 heteroatoms. The van der Waals surface area contributed by atoms with Crippen LogP contribution in [0.1, 0.15) is 0 Å². The summed E-state index contributed by atoms with van der Waals surface area (Å²) < 4.78 is 25.9. The zero-order valence-electron chi connectivity index (χ0n) is 21.5. The van der Waals surface area contributed by atoms with E-state index in [-0.39, 0.29) is 24.0 Å². The summed E-state index contributed by atoms with van der Waals surface area (Å²) in [5.41, 5.74) is 12.8. The van der Waals surface area contributed by atoms with Crippen LogP contribution < -0.4 is 10.6 Å². The van der Waals surface area contributed by atoms with Crippen molar-refractivity contribution in [2.75, 3.05) is 24.7 Å². The van der Waals surface area contributed by atoms with Gasteiger partial charge in [-0.25, -0.2) is 18.7 Å². The van der Waals surface area contributed by atoms with Crippen LogP contribution >= 0.6 is 12.4 Å². The topological polar surface area (TPSA) is 55.0 Å². The van der Waals surface area contributed by atoms with Crippen molar-refractivity contribution in [3.63, 3.8) is 0 Å². The molecule has 0 fully saturated rings. The number of halogens is 3. The number of pyridine rings is 2. The van der Waals surface area contributed by atoms with Crippen molar-refractivity contribution in [2.24, 2.45) is 0 Å². The Morgan fingerprint density at radius 3 is 1.54 bits per heavy atom. The van der Waals surface area contributed by atoms with Crippen LogP contribution in [0.4, 0.5) is 20.2 Å². The third-order valence-electron chi connectivity index (χ3n) is 6.21. The molecule has 0 radical (unpaired) electrons. The van der Waals surface area contributed by atoms with Crippen molar-refractivity contribution in [2.45, 2.75) is 0 Å². The first kappa shape index (κ1) is 27.5. The fourth-order valence-corrected chi connectivity index (χ4v) is 4.23. The highest BCUT2D eigenvalue weighted by atomic mass is 35.5. The molecule has 2 N–H and O–H groups in total. The molecule has 0 aliphatic heterocycles. The maximum atomic E-state index is 13.0. The van der Waals surface area contributed by atoms with Gasteiger partial charge in [-0.15, -0.1) is 12.4 Å². The summed E-state index contributed by atoms with van der Waals surface area (Å²) in [7, 11) is 4.00. The van der Waals surface area contributed by atoms with Crippen LogP contribution in [0, 0.1) is 11.6 Å². The fourth-order valence-electron chi connectivity index (χ4n) is 4.23. The standard InChI is InChI=1S/C17H15FN2.C15H11FN2.ClH/c1-20(2)16-5-3-4-13-8-11-15(19-17(13)16)12-6-9-14(18)10-7-12;16-12-7-4-10(5-8-12)14-9-6-11-2-1-3-13(17)15(11)18-14;/h3-11H,1-2H3;1-9H,17H2;1H. The summed E-state index contributed by atoms with van der Waals surface area (Å²) in [5, 5.41) is 2.10. The van der Waals surface area contributed by atoms with E-state index in [1.165, 1.54) is 24.3 Å². The van der Waals surface area contributed by atoms with Gasteiger partial charge in [-0.1, -0.05) is 36.4 Å². The molecule has 0 aliphatic carbocycles. The largest absolute Gasteiger partial charge is 0.397 e. The summed E-state index contributed by atoms with van der Waals surface area (Å²) >= 11 is 0. The van der Waals surface area contributed by atoms with Crippen molar-refractivity contribution in [3.05, 3.63) is 121 Å². The quantitative estimate of drug-likeness (QED) is 0.230. The maximum absolute atomic E-state index is 13.0. The molecular weight excluding hydrogens is 514 g/mol. The molecule has 0 spiro atoms. The van der Waals surface area contributed by atoms with E-state index in [2.05, 4.69) is 4.98 Å². The molecule has 2 heterocycles. The molecular formula is C32H27ClF2N4. The molecule has 0 unspecified atom stereocenters. The Morgan fingerprint density at radius 1 is 0.564 bits per heavy atom. The lowest BCUT2D eigenvalue weighted by Gasteiger charge is -2.15. The number of fused-ring (bicyclic) bond motifs is 2. The van der Waals surface area contributed by atoms with Gasteiger partial charge in [-0.2, -0.15) is 0 Å². The Balaban J connectivity index is 0.000000177. The van der Waals surface area contributed by atoms with Crippen molar-refractivity contribution in [1.82, 2.24) is 9.97 Å². The fraction of sp³-hybridized carbons (Fsp3) is 0.0625. The second kappa shape index (κ2) is 11.9. The third-order valence-corrected chi connectivity index (χ3v) is 6.21. The van der Waals surface area contributed by atoms with Gasteiger partial charge in [0.1, 0.15) is 11.6 Å². The van der Waals surface area contributed by atoms with Gasteiger partial charge in [0.05, 0.1) is 33.8 Å². The van der Waals surface area contributed by atoms with E-state index in [9.17, 15) is 8.78 Å². The Hall–Kier alpha value is -4.55. The van der Waals surface area contributed by atoms with Gasteiger partial charge in [-0.3, -0.25) is 0 Å². The van der Waals surface area contributed by atoms with E-state index in [1.807, 2.05) is 79.7 Å². The molecule has 2 aromatic heterocycles. The van der Waals surface area contributed by atoms with E-state index < -0.39 is 0 Å². The molecule has 0 atom stereocenters. The predicted octanol–water partition coefficient (Wildman–Crippen LogP) is 8.15. The van der Waals surface area contributed by atoms with Gasteiger partial charge in [-0.05, 0) is 72.8 Å². The number of aromatic nitrogens is 2. The van der Waals surface area contributed by atoms with Gasteiger partial charge in [0.25, 0.3) is 0 Å². The number of rotatable bonds is 3. The molecule has 6 aromatic rings.